The van der Waals surface area contributed by atoms with Gasteiger partial charge in [0, 0.05) is 31.5 Å². The number of aromatic amines is 1. The summed E-state index contributed by atoms with van der Waals surface area (Å²) >= 11 is 0. The molecule has 1 saturated heterocycles. The Hall–Kier alpha value is -2.63. The number of anilines is 1. The molecular formula is C19H22N4O2. The van der Waals surface area contributed by atoms with Crippen LogP contribution in [-0.4, -0.2) is 35.0 Å². The lowest BCUT2D eigenvalue weighted by Crippen LogP contribution is -2.51. The molecule has 1 aliphatic heterocycles. The second kappa shape index (κ2) is 6.35. The Kier molecular flexibility index (Phi) is 4.03. The van der Waals surface area contributed by atoms with Crippen molar-refractivity contribution in [3.05, 3.63) is 58.6 Å². The van der Waals surface area contributed by atoms with E-state index in [2.05, 4.69) is 15.3 Å². The van der Waals surface area contributed by atoms with Crippen molar-refractivity contribution in [2.45, 2.75) is 37.1 Å². The number of carbonyl (C=O) groups excluding carboxylic acids is 1. The summed E-state index contributed by atoms with van der Waals surface area (Å²) in [6.07, 6.45) is 6.79. The van der Waals surface area contributed by atoms with Crippen LogP contribution in [0.4, 0.5) is 5.82 Å². The van der Waals surface area contributed by atoms with Gasteiger partial charge in [-0.15, -0.1) is 0 Å². The molecule has 6 heteroatoms. The number of hydrogen-bond donors (Lipinski definition) is 2. The second-order valence-corrected chi connectivity index (χ2v) is 6.95. The molecule has 2 aliphatic rings. The summed E-state index contributed by atoms with van der Waals surface area (Å²) in [6.45, 7) is 1.41. The van der Waals surface area contributed by atoms with Gasteiger partial charge in [0.2, 0.25) is 5.91 Å². The van der Waals surface area contributed by atoms with Gasteiger partial charge in [0.15, 0.2) is 5.82 Å². The van der Waals surface area contributed by atoms with E-state index >= 15 is 0 Å². The van der Waals surface area contributed by atoms with Crippen LogP contribution in [0.15, 0.2) is 47.5 Å². The summed E-state index contributed by atoms with van der Waals surface area (Å²) in [5.41, 5.74) is 0.560. The molecule has 1 unspecified atom stereocenters. The van der Waals surface area contributed by atoms with Gasteiger partial charge in [0.05, 0.1) is 5.41 Å². The fraction of sp³-hybridized carbons (Fsp3) is 0.421. The number of hydrogen-bond acceptors (Lipinski definition) is 4. The molecule has 1 atom stereocenters. The molecule has 2 aromatic rings. The van der Waals surface area contributed by atoms with Gasteiger partial charge in [-0.05, 0) is 31.2 Å². The Morgan fingerprint density at radius 2 is 2.08 bits per heavy atom. The molecule has 1 amide bonds. The van der Waals surface area contributed by atoms with Crippen LogP contribution in [0.3, 0.4) is 0 Å². The maximum atomic E-state index is 12.9. The summed E-state index contributed by atoms with van der Waals surface area (Å²) in [7, 11) is 0. The highest BCUT2D eigenvalue weighted by atomic mass is 16.2. The number of carbonyl (C=O) groups is 1. The van der Waals surface area contributed by atoms with Crippen molar-refractivity contribution in [3.8, 4) is 0 Å². The molecule has 2 N–H and O–H groups in total. The topological polar surface area (TPSA) is 78.1 Å². The first kappa shape index (κ1) is 15.9. The van der Waals surface area contributed by atoms with Crippen LogP contribution in [0, 0.1) is 0 Å². The fourth-order valence-corrected chi connectivity index (χ4v) is 3.71. The number of nitrogens with zero attached hydrogens (tertiary/aromatic N) is 2. The Bertz CT molecular complexity index is 813. The van der Waals surface area contributed by atoms with E-state index < -0.39 is 0 Å². The summed E-state index contributed by atoms with van der Waals surface area (Å²) < 4.78 is 0. The first-order chi connectivity index (χ1) is 12.2. The Labute approximate surface area is 146 Å². The molecule has 25 heavy (non-hydrogen) atoms. The largest absolute Gasteiger partial charge is 0.351 e. The molecule has 1 aromatic heterocycles. The molecule has 130 valence electrons. The fourth-order valence-electron chi connectivity index (χ4n) is 3.71. The minimum Gasteiger partial charge on any atom is -0.351 e. The average molecular weight is 338 g/mol. The lowest BCUT2D eigenvalue weighted by atomic mass is 9.94. The van der Waals surface area contributed by atoms with E-state index in [1.54, 1.807) is 6.20 Å². The molecule has 0 radical (unpaired) electrons. The van der Waals surface area contributed by atoms with Crippen LogP contribution in [0.5, 0.6) is 0 Å². The van der Waals surface area contributed by atoms with Gasteiger partial charge in [-0.3, -0.25) is 9.59 Å². The summed E-state index contributed by atoms with van der Waals surface area (Å²) in [5, 5.41) is 3.22. The first-order valence-corrected chi connectivity index (χ1v) is 8.84. The maximum Gasteiger partial charge on any atom is 0.290 e. The van der Waals surface area contributed by atoms with E-state index in [1.807, 2.05) is 35.2 Å². The average Bonchev–Trinajstić information content (AvgIpc) is 3.45. The van der Waals surface area contributed by atoms with E-state index in [0.717, 1.165) is 37.8 Å². The smallest absolute Gasteiger partial charge is 0.290 e. The molecule has 0 spiro atoms. The number of nitrogens with one attached hydrogen (secondary N) is 2. The molecule has 2 heterocycles. The third-order valence-electron chi connectivity index (χ3n) is 5.26. The van der Waals surface area contributed by atoms with Crippen molar-refractivity contribution >= 4 is 11.7 Å². The molecule has 6 nitrogen and oxygen atoms in total. The number of rotatable bonds is 4. The van der Waals surface area contributed by atoms with Gasteiger partial charge < -0.3 is 15.2 Å². The van der Waals surface area contributed by atoms with Crippen molar-refractivity contribution in [1.82, 2.24) is 15.3 Å². The quantitative estimate of drug-likeness (QED) is 0.887. The molecular weight excluding hydrogens is 316 g/mol. The monoisotopic (exact) mass is 338 g/mol. The van der Waals surface area contributed by atoms with Gasteiger partial charge in [-0.25, -0.2) is 4.98 Å². The second-order valence-electron chi connectivity index (χ2n) is 6.95. The van der Waals surface area contributed by atoms with Crippen LogP contribution < -0.4 is 15.8 Å². The van der Waals surface area contributed by atoms with Crippen LogP contribution in [0.25, 0.3) is 0 Å². The third-order valence-corrected chi connectivity index (χ3v) is 5.26. The first-order valence-electron chi connectivity index (χ1n) is 8.84. The number of aromatic nitrogens is 2. The SMILES string of the molecule is O=C(NC1CCCN(c2ncc[nH]c2=O)C1)C1(c2ccccc2)CC1. The minimum atomic E-state index is -0.355. The highest BCUT2D eigenvalue weighted by Gasteiger charge is 2.51. The normalized spacial score (nSPS) is 21.6. The van der Waals surface area contributed by atoms with Gasteiger partial charge in [0.25, 0.3) is 5.56 Å². The van der Waals surface area contributed by atoms with E-state index in [-0.39, 0.29) is 22.9 Å². The lowest BCUT2D eigenvalue weighted by Gasteiger charge is -2.34. The highest BCUT2D eigenvalue weighted by Crippen LogP contribution is 2.48. The third kappa shape index (κ3) is 3.04. The van der Waals surface area contributed by atoms with Crippen molar-refractivity contribution in [2.24, 2.45) is 0 Å². The summed E-state index contributed by atoms with van der Waals surface area (Å²) in [6, 6.07) is 10.1. The standard InChI is InChI=1S/C19H22N4O2/c24-17-16(20-10-11-21-17)23-12-4-7-15(13-23)22-18(25)19(8-9-19)14-5-2-1-3-6-14/h1-3,5-6,10-11,15H,4,7-9,12-13H2,(H,21,24)(H,22,25). The Morgan fingerprint density at radius 3 is 2.80 bits per heavy atom. The van der Waals surface area contributed by atoms with E-state index in [9.17, 15) is 9.59 Å². The van der Waals surface area contributed by atoms with Crippen molar-refractivity contribution in [2.75, 3.05) is 18.0 Å². The number of amides is 1. The van der Waals surface area contributed by atoms with E-state index in [0.29, 0.717) is 12.4 Å². The van der Waals surface area contributed by atoms with Gasteiger partial charge >= 0.3 is 0 Å². The molecule has 1 saturated carbocycles. The van der Waals surface area contributed by atoms with Crippen molar-refractivity contribution in [3.63, 3.8) is 0 Å². The molecule has 2 fully saturated rings. The van der Waals surface area contributed by atoms with Gasteiger partial charge in [-0.1, -0.05) is 30.3 Å². The predicted octanol–water partition coefficient (Wildman–Crippen LogP) is 1.59. The highest BCUT2D eigenvalue weighted by molar-refractivity contribution is 5.91. The maximum absolute atomic E-state index is 12.9. The van der Waals surface area contributed by atoms with Crippen LogP contribution in [0.2, 0.25) is 0 Å². The lowest BCUT2D eigenvalue weighted by molar-refractivity contribution is -0.124. The molecule has 0 bridgehead atoms. The predicted molar refractivity (Wildman–Crippen MR) is 95.6 cm³/mol. The van der Waals surface area contributed by atoms with E-state index in [4.69, 9.17) is 0 Å². The van der Waals surface area contributed by atoms with Crippen LogP contribution in [0.1, 0.15) is 31.2 Å². The Balaban J connectivity index is 1.45. The zero-order chi connectivity index (χ0) is 17.3. The summed E-state index contributed by atoms with van der Waals surface area (Å²) in [5.74, 6) is 0.547. The van der Waals surface area contributed by atoms with Crippen LogP contribution in [-0.2, 0) is 10.2 Å². The number of piperidine rings is 1. The van der Waals surface area contributed by atoms with Crippen molar-refractivity contribution in [1.29, 1.82) is 0 Å². The number of benzene rings is 1. The van der Waals surface area contributed by atoms with Crippen LogP contribution >= 0.6 is 0 Å². The minimum absolute atomic E-state index is 0.0452. The van der Waals surface area contributed by atoms with Crippen molar-refractivity contribution < 1.29 is 4.79 Å². The van der Waals surface area contributed by atoms with Gasteiger partial charge in [0.1, 0.15) is 0 Å². The van der Waals surface area contributed by atoms with Gasteiger partial charge in [-0.2, -0.15) is 0 Å². The summed E-state index contributed by atoms with van der Waals surface area (Å²) in [4.78, 5) is 33.7. The molecule has 4 rings (SSSR count). The zero-order valence-electron chi connectivity index (χ0n) is 14.1. The molecule has 1 aromatic carbocycles. The molecule has 1 aliphatic carbocycles. The Morgan fingerprint density at radius 1 is 1.28 bits per heavy atom. The van der Waals surface area contributed by atoms with E-state index in [1.165, 1.54) is 6.20 Å². The zero-order valence-corrected chi connectivity index (χ0v) is 14.1. The number of H-pyrrole nitrogens is 1.